The van der Waals surface area contributed by atoms with Crippen molar-refractivity contribution in [3.05, 3.63) is 40.9 Å². The molecule has 0 radical (unpaired) electrons. The van der Waals surface area contributed by atoms with Crippen molar-refractivity contribution in [3.63, 3.8) is 0 Å². The van der Waals surface area contributed by atoms with Crippen molar-refractivity contribution in [3.8, 4) is 0 Å². The summed E-state index contributed by atoms with van der Waals surface area (Å²) >= 11 is 13.0. The van der Waals surface area contributed by atoms with Crippen LogP contribution >= 0.6 is 35.0 Å². The van der Waals surface area contributed by atoms with Crippen LogP contribution in [0.4, 0.5) is 0 Å². The van der Waals surface area contributed by atoms with Gasteiger partial charge in [-0.1, -0.05) is 17.7 Å². The number of rotatable bonds is 2. The van der Waals surface area contributed by atoms with E-state index in [-0.39, 0.29) is 5.28 Å². The molecule has 0 unspecified atom stereocenters. The van der Waals surface area contributed by atoms with Crippen LogP contribution in [-0.4, -0.2) is 24.6 Å². The number of fused-ring (bicyclic) bond motifs is 1. The van der Waals surface area contributed by atoms with Crippen LogP contribution < -0.4 is 0 Å². The Kier molecular flexibility index (Phi) is 3.07. The zero-order valence-corrected chi connectivity index (χ0v) is 11.1. The van der Waals surface area contributed by atoms with Crippen molar-refractivity contribution in [1.29, 1.82) is 0 Å². The highest BCUT2D eigenvalue weighted by Gasteiger charge is 2.11. The van der Waals surface area contributed by atoms with Crippen molar-refractivity contribution in [2.45, 2.75) is 10.2 Å². The molecule has 0 aliphatic heterocycles. The van der Waals surface area contributed by atoms with Crippen molar-refractivity contribution < 1.29 is 0 Å². The second kappa shape index (κ2) is 4.72. The van der Waals surface area contributed by atoms with Gasteiger partial charge in [0.1, 0.15) is 5.03 Å². The summed E-state index contributed by atoms with van der Waals surface area (Å²) in [7, 11) is 0. The number of halogens is 2. The third-order valence-electron chi connectivity index (χ3n) is 2.15. The number of aromatic nitrogens is 5. The first-order chi connectivity index (χ1) is 8.74. The largest absolute Gasteiger partial charge is 0.277 e. The van der Waals surface area contributed by atoms with Crippen LogP contribution in [0.3, 0.4) is 0 Å². The molecular formula is C10H5Cl2N5S. The maximum atomic E-state index is 6.00. The van der Waals surface area contributed by atoms with Gasteiger partial charge in [-0.2, -0.15) is 0 Å². The lowest BCUT2D eigenvalue weighted by atomic mass is 10.5. The molecule has 0 N–H and O–H groups in total. The number of nitrogens with zero attached hydrogens (tertiary/aromatic N) is 5. The van der Waals surface area contributed by atoms with E-state index in [1.165, 1.54) is 18.0 Å². The lowest BCUT2D eigenvalue weighted by molar-refractivity contribution is 0.915. The van der Waals surface area contributed by atoms with Crippen LogP contribution in [0.5, 0.6) is 0 Å². The molecular weight excluding hydrogens is 293 g/mol. The minimum Gasteiger partial charge on any atom is -0.277 e. The molecule has 5 nitrogen and oxygen atoms in total. The Hall–Kier alpha value is -1.37. The van der Waals surface area contributed by atoms with E-state index in [2.05, 4.69) is 20.2 Å². The van der Waals surface area contributed by atoms with E-state index in [0.29, 0.717) is 15.2 Å². The zero-order chi connectivity index (χ0) is 12.5. The SMILES string of the molecule is Clc1ncc(Cl)c(Sc2nnc3ccccn23)n1. The van der Waals surface area contributed by atoms with Crippen molar-refractivity contribution in [2.75, 3.05) is 0 Å². The summed E-state index contributed by atoms with van der Waals surface area (Å²) in [4.78, 5) is 7.86. The van der Waals surface area contributed by atoms with Gasteiger partial charge >= 0.3 is 0 Å². The zero-order valence-electron chi connectivity index (χ0n) is 8.79. The maximum absolute atomic E-state index is 6.00. The fraction of sp³-hybridized carbons (Fsp3) is 0. The second-order valence-electron chi connectivity index (χ2n) is 3.31. The summed E-state index contributed by atoms with van der Waals surface area (Å²) in [5.41, 5.74) is 0.760. The Morgan fingerprint density at radius 3 is 2.94 bits per heavy atom. The molecule has 0 spiro atoms. The van der Waals surface area contributed by atoms with Gasteiger partial charge in [0.15, 0.2) is 5.65 Å². The molecule has 3 heterocycles. The van der Waals surface area contributed by atoms with E-state index in [4.69, 9.17) is 23.2 Å². The second-order valence-corrected chi connectivity index (χ2v) is 5.01. The van der Waals surface area contributed by atoms with Gasteiger partial charge in [-0.25, -0.2) is 9.97 Å². The molecule has 0 saturated carbocycles. The molecule has 3 rings (SSSR count). The Bertz CT molecular complexity index is 714. The van der Waals surface area contributed by atoms with E-state index in [9.17, 15) is 0 Å². The summed E-state index contributed by atoms with van der Waals surface area (Å²) in [6, 6.07) is 5.66. The first-order valence-corrected chi connectivity index (χ1v) is 6.47. The Morgan fingerprint density at radius 2 is 2.06 bits per heavy atom. The monoisotopic (exact) mass is 297 g/mol. The summed E-state index contributed by atoms with van der Waals surface area (Å²) in [6.07, 6.45) is 3.33. The third-order valence-corrected chi connectivity index (χ3v) is 3.69. The van der Waals surface area contributed by atoms with E-state index < -0.39 is 0 Å². The van der Waals surface area contributed by atoms with E-state index in [1.807, 2.05) is 28.8 Å². The van der Waals surface area contributed by atoms with Gasteiger partial charge in [0.2, 0.25) is 10.4 Å². The predicted molar refractivity (Wildman–Crippen MR) is 69.2 cm³/mol. The third kappa shape index (κ3) is 2.14. The molecule has 0 atom stereocenters. The average molecular weight is 298 g/mol. The molecule has 0 fully saturated rings. The van der Waals surface area contributed by atoms with E-state index >= 15 is 0 Å². The molecule has 3 aromatic heterocycles. The molecule has 0 amide bonds. The molecule has 90 valence electrons. The summed E-state index contributed by atoms with van der Waals surface area (Å²) in [5.74, 6) is 0. The van der Waals surface area contributed by atoms with Crippen LogP contribution in [-0.2, 0) is 0 Å². The van der Waals surface area contributed by atoms with Crippen LogP contribution in [0.25, 0.3) is 5.65 Å². The minimum absolute atomic E-state index is 0.149. The smallest absolute Gasteiger partial charge is 0.223 e. The fourth-order valence-electron chi connectivity index (χ4n) is 1.38. The van der Waals surface area contributed by atoms with Crippen LogP contribution in [0.2, 0.25) is 10.3 Å². The Morgan fingerprint density at radius 1 is 1.17 bits per heavy atom. The van der Waals surface area contributed by atoms with Gasteiger partial charge in [0.05, 0.1) is 11.2 Å². The van der Waals surface area contributed by atoms with Gasteiger partial charge in [-0.05, 0) is 35.5 Å². The Balaban J connectivity index is 2.04. The van der Waals surface area contributed by atoms with Gasteiger partial charge in [0.25, 0.3) is 0 Å². The first kappa shape index (κ1) is 11.7. The quantitative estimate of drug-likeness (QED) is 0.538. The van der Waals surface area contributed by atoms with Gasteiger partial charge < -0.3 is 0 Å². The van der Waals surface area contributed by atoms with E-state index in [0.717, 1.165) is 5.65 Å². The highest BCUT2D eigenvalue weighted by molar-refractivity contribution is 7.99. The van der Waals surface area contributed by atoms with Gasteiger partial charge in [0, 0.05) is 6.20 Å². The molecule has 0 bridgehead atoms. The molecule has 0 aromatic carbocycles. The first-order valence-electron chi connectivity index (χ1n) is 4.90. The molecule has 18 heavy (non-hydrogen) atoms. The van der Waals surface area contributed by atoms with E-state index in [1.54, 1.807) is 0 Å². The van der Waals surface area contributed by atoms with Crippen LogP contribution in [0, 0.1) is 0 Å². The molecule has 0 aliphatic carbocycles. The van der Waals surface area contributed by atoms with Gasteiger partial charge in [-0.15, -0.1) is 10.2 Å². The maximum Gasteiger partial charge on any atom is 0.223 e. The predicted octanol–water partition coefficient (Wildman–Crippen LogP) is 2.98. The summed E-state index contributed by atoms with van der Waals surface area (Å²) in [6.45, 7) is 0. The summed E-state index contributed by atoms with van der Waals surface area (Å²) < 4.78 is 1.84. The topological polar surface area (TPSA) is 56.0 Å². The number of hydrogen-bond donors (Lipinski definition) is 0. The normalized spacial score (nSPS) is 11.0. The minimum atomic E-state index is 0.149. The number of hydrogen-bond acceptors (Lipinski definition) is 5. The fourth-order valence-corrected chi connectivity index (χ4v) is 2.56. The summed E-state index contributed by atoms with van der Waals surface area (Å²) in [5, 5.41) is 9.91. The van der Waals surface area contributed by atoms with Crippen molar-refractivity contribution in [1.82, 2.24) is 24.6 Å². The van der Waals surface area contributed by atoms with Crippen LogP contribution in [0.1, 0.15) is 0 Å². The lowest BCUT2D eigenvalue weighted by Gasteiger charge is -2.01. The molecule has 0 saturated heterocycles. The van der Waals surface area contributed by atoms with Crippen molar-refractivity contribution in [2.24, 2.45) is 0 Å². The van der Waals surface area contributed by atoms with Crippen LogP contribution in [0.15, 0.2) is 40.8 Å². The molecule has 0 aliphatic rings. The highest BCUT2D eigenvalue weighted by Crippen LogP contribution is 2.30. The number of pyridine rings is 1. The lowest BCUT2D eigenvalue weighted by Crippen LogP contribution is -1.90. The highest BCUT2D eigenvalue weighted by atomic mass is 35.5. The van der Waals surface area contributed by atoms with Gasteiger partial charge in [-0.3, -0.25) is 4.40 Å². The molecule has 8 heteroatoms. The van der Waals surface area contributed by atoms with Crippen molar-refractivity contribution >= 4 is 40.6 Å². The Labute approximate surface area is 116 Å². The average Bonchev–Trinajstić information content (AvgIpc) is 2.78. The standard InChI is InChI=1S/C10H5Cl2N5S/c11-6-5-13-9(12)14-8(6)18-10-16-15-7-3-1-2-4-17(7)10/h1-5H. The molecule has 3 aromatic rings.